The molecule has 0 aliphatic heterocycles. The van der Waals surface area contributed by atoms with E-state index in [1.165, 1.54) is 37.6 Å². The summed E-state index contributed by atoms with van der Waals surface area (Å²) in [4.78, 5) is 24.4. The fraction of sp³-hybridized carbons (Fsp3) is 0.579. The first-order valence-electron chi connectivity index (χ1n) is 8.83. The van der Waals surface area contributed by atoms with Crippen molar-refractivity contribution in [1.82, 2.24) is 5.32 Å². The minimum absolute atomic E-state index is 0.0476. The number of rotatable bonds is 7. The lowest BCUT2D eigenvalue weighted by molar-refractivity contribution is -0.151. The van der Waals surface area contributed by atoms with Gasteiger partial charge >= 0.3 is 5.97 Å². The summed E-state index contributed by atoms with van der Waals surface area (Å²) in [5, 5.41) is 12.2. The highest BCUT2D eigenvalue weighted by Gasteiger charge is 2.39. The summed E-state index contributed by atoms with van der Waals surface area (Å²) < 4.78 is 19.0. The minimum Gasteiger partial charge on any atom is -0.479 e. The van der Waals surface area contributed by atoms with Crippen molar-refractivity contribution in [2.24, 2.45) is 0 Å². The molecule has 2 rings (SSSR count). The van der Waals surface area contributed by atoms with Crippen molar-refractivity contribution in [2.75, 3.05) is 0 Å². The number of nitrogens with one attached hydrogen (secondary N) is 1. The van der Waals surface area contributed by atoms with Crippen LogP contribution in [0.5, 0.6) is 0 Å². The number of amides is 1. The second-order valence-corrected chi connectivity index (χ2v) is 6.72. The smallest absolute Gasteiger partial charge is 0.333 e. The zero-order chi connectivity index (χ0) is 18.4. The maximum absolute atomic E-state index is 13.1. The topological polar surface area (TPSA) is 75.6 Å². The quantitative estimate of drug-likeness (QED) is 0.790. The van der Waals surface area contributed by atoms with Crippen molar-refractivity contribution in [3.8, 4) is 0 Å². The Hall–Kier alpha value is -1.95. The molecule has 1 fully saturated rings. The lowest BCUT2D eigenvalue weighted by atomic mass is 9.91. The van der Waals surface area contributed by atoms with Crippen molar-refractivity contribution < 1.29 is 23.8 Å². The van der Waals surface area contributed by atoms with E-state index in [1.807, 2.05) is 6.92 Å². The van der Waals surface area contributed by atoms with E-state index in [9.17, 15) is 19.1 Å². The predicted molar refractivity (Wildman–Crippen MR) is 91.6 cm³/mol. The number of ether oxygens (including phenoxy) is 1. The SMILES string of the molecule is CCC(OC1CCCCC1)C(=O)NC(C)(C(=O)O)c1ccc(F)cc1. The fourth-order valence-corrected chi connectivity index (χ4v) is 3.14. The average Bonchev–Trinajstić information content (AvgIpc) is 2.60. The van der Waals surface area contributed by atoms with Crippen LogP contribution in [0.25, 0.3) is 0 Å². The summed E-state index contributed by atoms with van der Waals surface area (Å²) in [6.45, 7) is 3.23. The molecule has 1 aliphatic rings. The van der Waals surface area contributed by atoms with E-state index in [-0.39, 0.29) is 6.10 Å². The molecule has 0 bridgehead atoms. The van der Waals surface area contributed by atoms with Crippen molar-refractivity contribution in [3.63, 3.8) is 0 Å². The maximum atomic E-state index is 13.1. The average molecular weight is 351 g/mol. The van der Waals surface area contributed by atoms with Crippen LogP contribution in [0.1, 0.15) is 57.9 Å². The van der Waals surface area contributed by atoms with E-state index in [2.05, 4.69) is 5.32 Å². The van der Waals surface area contributed by atoms with Crippen LogP contribution in [0.15, 0.2) is 24.3 Å². The predicted octanol–water partition coefficient (Wildman–Crippen LogP) is 3.37. The van der Waals surface area contributed by atoms with Gasteiger partial charge in [-0.05, 0) is 43.9 Å². The van der Waals surface area contributed by atoms with Gasteiger partial charge in [0.25, 0.3) is 0 Å². The summed E-state index contributed by atoms with van der Waals surface area (Å²) >= 11 is 0. The van der Waals surface area contributed by atoms with Gasteiger partial charge in [-0.1, -0.05) is 38.3 Å². The van der Waals surface area contributed by atoms with Crippen LogP contribution in [0, 0.1) is 5.82 Å². The molecular formula is C19H26FNO4. The molecule has 0 heterocycles. The molecule has 1 amide bonds. The summed E-state index contributed by atoms with van der Waals surface area (Å²) in [6.07, 6.45) is 5.03. The molecular weight excluding hydrogens is 325 g/mol. The third-order valence-electron chi connectivity index (χ3n) is 4.79. The van der Waals surface area contributed by atoms with E-state index in [0.717, 1.165) is 25.7 Å². The number of carboxylic acid groups (broad SMARTS) is 1. The third kappa shape index (κ3) is 4.78. The zero-order valence-electron chi connectivity index (χ0n) is 14.8. The van der Waals surface area contributed by atoms with Crippen LogP contribution >= 0.6 is 0 Å². The van der Waals surface area contributed by atoms with Crippen molar-refractivity contribution >= 4 is 11.9 Å². The Morgan fingerprint density at radius 2 is 1.88 bits per heavy atom. The number of halogens is 1. The van der Waals surface area contributed by atoms with Crippen LogP contribution in [-0.2, 0) is 19.9 Å². The highest BCUT2D eigenvalue weighted by Crippen LogP contribution is 2.25. The summed E-state index contributed by atoms with van der Waals surface area (Å²) in [6, 6.07) is 5.09. The molecule has 0 radical (unpaired) electrons. The van der Waals surface area contributed by atoms with Gasteiger partial charge in [-0.15, -0.1) is 0 Å². The Morgan fingerprint density at radius 3 is 2.40 bits per heavy atom. The highest BCUT2D eigenvalue weighted by atomic mass is 19.1. The molecule has 0 aromatic heterocycles. The maximum Gasteiger partial charge on any atom is 0.333 e. The molecule has 5 nitrogen and oxygen atoms in total. The number of benzene rings is 1. The normalized spacial score (nSPS) is 19.0. The number of carbonyl (C=O) groups excluding carboxylic acids is 1. The molecule has 2 atom stereocenters. The lowest BCUT2D eigenvalue weighted by Crippen LogP contribution is -2.53. The van der Waals surface area contributed by atoms with Gasteiger partial charge in [0.2, 0.25) is 5.91 Å². The van der Waals surface area contributed by atoms with E-state index < -0.39 is 29.3 Å². The van der Waals surface area contributed by atoms with Gasteiger partial charge in [-0.25, -0.2) is 9.18 Å². The zero-order valence-corrected chi connectivity index (χ0v) is 14.8. The summed E-state index contributed by atoms with van der Waals surface area (Å²) in [7, 11) is 0. The molecule has 6 heteroatoms. The Kier molecular flexibility index (Phi) is 6.53. The second-order valence-electron chi connectivity index (χ2n) is 6.72. The minimum atomic E-state index is -1.64. The first-order valence-corrected chi connectivity index (χ1v) is 8.83. The van der Waals surface area contributed by atoms with Gasteiger partial charge in [-0.3, -0.25) is 4.79 Å². The van der Waals surface area contributed by atoms with Gasteiger partial charge in [0.15, 0.2) is 5.54 Å². The molecule has 1 aromatic rings. The second kappa shape index (κ2) is 8.43. The van der Waals surface area contributed by atoms with E-state index in [1.54, 1.807) is 0 Å². The molecule has 2 unspecified atom stereocenters. The lowest BCUT2D eigenvalue weighted by Gasteiger charge is -2.31. The van der Waals surface area contributed by atoms with Crippen molar-refractivity contribution in [3.05, 3.63) is 35.6 Å². The Bertz CT molecular complexity index is 598. The van der Waals surface area contributed by atoms with Gasteiger partial charge in [-0.2, -0.15) is 0 Å². The number of hydrogen-bond acceptors (Lipinski definition) is 3. The summed E-state index contributed by atoms with van der Waals surface area (Å²) in [5.41, 5.74) is -1.34. The molecule has 138 valence electrons. The largest absolute Gasteiger partial charge is 0.479 e. The van der Waals surface area contributed by atoms with Gasteiger partial charge in [0, 0.05) is 0 Å². The molecule has 0 saturated heterocycles. The van der Waals surface area contributed by atoms with Gasteiger partial charge < -0.3 is 15.2 Å². The molecule has 2 N–H and O–H groups in total. The third-order valence-corrected chi connectivity index (χ3v) is 4.79. The molecule has 0 spiro atoms. The number of hydrogen-bond donors (Lipinski definition) is 2. The molecule has 1 aliphatic carbocycles. The van der Waals surface area contributed by atoms with Gasteiger partial charge in [0.05, 0.1) is 6.10 Å². The number of carboxylic acids is 1. The number of aliphatic carboxylic acids is 1. The van der Waals surface area contributed by atoms with Crippen LogP contribution in [0.3, 0.4) is 0 Å². The van der Waals surface area contributed by atoms with Crippen LogP contribution in [0.4, 0.5) is 4.39 Å². The first kappa shape index (κ1) is 19.4. The number of carbonyl (C=O) groups is 2. The molecule has 1 saturated carbocycles. The first-order chi connectivity index (χ1) is 11.9. The van der Waals surface area contributed by atoms with Gasteiger partial charge in [0.1, 0.15) is 11.9 Å². The fourth-order valence-electron chi connectivity index (χ4n) is 3.14. The van der Waals surface area contributed by atoms with Crippen LogP contribution in [0.2, 0.25) is 0 Å². The van der Waals surface area contributed by atoms with E-state index in [0.29, 0.717) is 12.0 Å². The van der Waals surface area contributed by atoms with E-state index >= 15 is 0 Å². The Balaban J connectivity index is 2.12. The van der Waals surface area contributed by atoms with Crippen LogP contribution in [-0.4, -0.2) is 29.2 Å². The standard InChI is InChI=1S/C19H26FNO4/c1-3-16(25-15-7-5-4-6-8-15)17(22)21-19(2,18(23)24)13-9-11-14(20)12-10-13/h9-12,15-16H,3-8H2,1-2H3,(H,21,22)(H,23,24). The Labute approximate surface area is 147 Å². The Morgan fingerprint density at radius 1 is 1.28 bits per heavy atom. The summed E-state index contributed by atoms with van der Waals surface area (Å²) in [5.74, 6) is -2.13. The van der Waals surface area contributed by atoms with Crippen molar-refractivity contribution in [2.45, 2.75) is 70.1 Å². The highest BCUT2D eigenvalue weighted by molar-refractivity contribution is 5.89. The molecule has 25 heavy (non-hydrogen) atoms. The monoisotopic (exact) mass is 351 g/mol. The molecule has 1 aromatic carbocycles. The van der Waals surface area contributed by atoms with Crippen LogP contribution < -0.4 is 5.32 Å². The van der Waals surface area contributed by atoms with E-state index in [4.69, 9.17) is 4.74 Å². The van der Waals surface area contributed by atoms with Crippen molar-refractivity contribution in [1.29, 1.82) is 0 Å².